The van der Waals surface area contributed by atoms with Crippen molar-refractivity contribution in [3.05, 3.63) is 53.1 Å². The molecule has 1 heterocycles. The summed E-state index contributed by atoms with van der Waals surface area (Å²) in [6.07, 6.45) is 1.50. The quantitative estimate of drug-likeness (QED) is 0.361. The van der Waals surface area contributed by atoms with E-state index in [2.05, 4.69) is 13.0 Å². The van der Waals surface area contributed by atoms with Crippen molar-refractivity contribution >= 4 is 42.6 Å². The molecule has 2 aromatic carbocycles. The molecule has 0 N–H and O–H groups in total. The number of hydrogen-bond donors (Lipinski definition) is 0. The fraction of sp³-hybridized carbons (Fsp3) is 0.462. The summed E-state index contributed by atoms with van der Waals surface area (Å²) in [5, 5.41) is 0.648. The molecule has 0 spiro atoms. The highest BCUT2D eigenvalue weighted by Crippen LogP contribution is 2.33. The predicted octanol–water partition coefficient (Wildman–Crippen LogP) is 4.93. The zero-order valence-corrected chi connectivity index (χ0v) is 23.2. The summed E-state index contributed by atoms with van der Waals surface area (Å²) in [6, 6.07) is 10.5. The van der Waals surface area contributed by atoms with Gasteiger partial charge >= 0.3 is 0 Å². The van der Waals surface area contributed by atoms with Gasteiger partial charge in [-0.1, -0.05) is 31.3 Å². The van der Waals surface area contributed by atoms with Gasteiger partial charge in [-0.15, -0.1) is 0 Å². The smallest absolute Gasteiger partial charge is 0.260 e. The standard InChI is InChI=1S/C26H36N4O3S2/c1-7-13-29(14-8-2)35(32,33)22-11-9-21(10-12-22)25(31)30(16-15-28(5)6)26-27-23-18-19(3)17-20(4)24(23)34-26/h9-12,17-18H,7-8,13-16H2,1-6H3. The van der Waals surface area contributed by atoms with Crippen molar-refractivity contribution in [2.45, 2.75) is 45.4 Å². The van der Waals surface area contributed by atoms with Crippen molar-refractivity contribution in [1.29, 1.82) is 0 Å². The van der Waals surface area contributed by atoms with Gasteiger partial charge in [0.1, 0.15) is 0 Å². The minimum atomic E-state index is -3.60. The molecule has 3 aromatic rings. The van der Waals surface area contributed by atoms with Crippen LogP contribution in [0.5, 0.6) is 0 Å². The molecule has 0 aliphatic heterocycles. The number of anilines is 1. The highest BCUT2D eigenvalue weighted by Gasteiger charge is 2.25. The van der Waals surface area contributed by atoms with Crippen molar-refractivity contribution < 1.29 is 13.2 Å². The molecule has 3 rings (SSSR count). The maximum atomic E-state index is 13.6. The van der Waals surface area contributed by atoms with Crippen molar-refractivity contribution in [2.75, 3.05) is 45.2 Å². The Balaban J connectivity index is 1.94. The second-order valence-corrected chi connectivity index (χ2v) is 12.0. The van der Waals surface area contributed by atoms with Gasteiger partial charge in [0.25, 0.3) is 5.91 Å². The van der Waals surface area contributed by atoms with Gasteiger partial charge in [0.05, 0.1) is 15.1 Å². The van der Waals surface area contributed by atoms with Crippen molar-refractivity contribution in [3.63, 3.8) is 0 Å². The van der Waals surface area contributed by atoms with Crippen LogP contribution in [0.25, 0.3) is 10.2 Å². The number of likely N-dealkylation sites (N-methyl/N-ethyl adjacent to an activating group) is 1. The lowest BCUT2D eigenvalue weighted by Crippen LogP contribution is -2.36. The molecule has 0 aliphatic rings. The topological polar surface area (TPSA) is 73.8 Å². The lowest BCUT2D eigenvalue weighted by Gasteiger charge is -2.23. The molecule has 0 unspecified atom stereocenters. The number of carbonyl (C=O) groups is 1. The third kappa shape index (κ3) is 6.27. The fourth-order valence-corrected chi connectivity index (χ4v) is 6.65. The van der Waals surface area contributed by atoms with Gasteiger partial charge in [-0.25, -0.2) is 13.4 Å². The van der Waals surface area contributed by atoms with Gasteiger partial charge < -0.3 is 4.90 Å². The molecule has 9 heteroatoms. The van der Waals surface area contributed by atoms with E-state index in [9.17, 15) is 13.2 Å². The number of rotatable bonds is 11. The number of hydrogen-bond acceptors (Lipinski definition) is 6. The number of thiazole rings is 1. The molecule has 190 valence electrons. The summed E-state index contributed by atoms with van der Waals surface area (Å²) in [6.45, 7) is 10.1. The van der Waals surface area contributed by atoms with Crippen LogP contribution in [0.1, 0.15) is 48.2 Å². The molecule has 0 bridgehead atoms. The number of nitrogens with zero attached hydrogens (tertiary/aromatic N) is 4. The normalized spacial score (nSPS) is 12.1. The number of aromatic nitrogens is 1. The third-order valence-electron chi connectivity index (χ3n) is 5.74. The Morgan fingerprint density at radius 1 is 0.943 bits per heavy atom. The lowest BCUT2D eigenvalue weighted by molar-refractivity contribution is 0.0985. The zero-order valence-electron chi connectivity index (χ0n) is 21.5. The fourth-order valence-electron chi connectivity index (χ4n) is 3.99. The first-order chi connectivity index (χ1) is 16.6. The molecule has 0 saturated carbocycles. The number of fused-ring (bicyclic) bond motifs is 1. The molecular formula is C26H36N4O3S2. The van der Waals surface area contributed by atoms with Crippen molar-refractivity contribution in [2.24, 2.45) is 0 Å². The molecule has 0 aliphatic carbocycles. The number of amides is 1. The minimum Gasteiger partial charge on any atom is -0.308 e. The van der Waals surface area contributed by atoms with E-state index in [1.807, 2.05) is 45.8 Å². The Hall–Kier alpha value is -2.33. The van der Waals surface area contributed by atoms with Gasteiger partial charge in [-0.05, 0) is 82.2 Å². The van der Waals surface area contributed by atoms with E-state index < -0.39 is 10.0 Å². The molecule has 0 radical (unpaired) electrons. The van der Waals surface area contributed by atoms with Gasteiger partial charge in [0.15, 0.2) is 5.13 Å². The molecule has 0 saturated heterocycles. The molecule has 1 aromatic heterocycles. The highest BCUT2D eigenvalue weighted by atomic mass is 32.2. The molecular weight excluding hydrogens is 480 g/mol. The van der Waals surface area contributed by atoms with Crippen LogP contribution in [0.2, 0.25) is 0 Å². The Bertz CT molecular complexity index is 1260. The Morgan fingerprint density at radius 2 is 1.57 bits per heavy atom. The van der Waals surface area contributed by atoms with Crippen LogP contribution in [0.4, 0.5) is 5.13 Å². The Morgan fingerprint density at radius 3 is 2.14 bits per heavy atom. The minimum absolute atomic E-state index is 0.191. The summed E-state index contributed by atoms with van der Waals surface area (Å²) >= 11 is 1.51. The first kappa shape index (κ1) is 27.3. The number of benzene rings is 2. The Kier molecular flexibility index (Phi) is 9.04. The summed E-state index contributed by atoms with van der Waals surface area (Å²) in [5.41, 5.74) is 3.60. The monoisotopic (exact) mass is 516 g/mol. The summed E-state index contributed by atoms with van der Waals surface area (Å²) in [4.78, 5) is 22.3. The van der Waals surface area contributed by atoms with Gasteiger partial charge in [0, 0.05) is 31.7 Å². The second-order valence-electron chi connectivity index (χ2n) is 9.12. The average molecular weight is 517 g/mol. The van der Waals surface area contributed by atoms with E-state index in [-0.39, 0.29) is 10.8 Å². The van der Waals surface area contributed by atoms with Crippen LogP contribution in [0.15, 0.2) is 41.3 Å². The van der Waals surface area contributed by atoms with Crippen LogP contribution in [-0.2, 0) is 10.0 Å². The molecule has 1 amide bonds. The summed E-state index contributed by atoms with van der Waals surface area (Å²) in [7, 11) is 0.333. The highest BCUT2D eigenvalue weighted by molar-refractivity contribution is 7.89. The average Bonchev–Trinajstić information content (AvgIpc) is 3.23. The molecule has 0 atom stereocenters. The number of sulfonamides is 1. The molecule has 7 nitrogen and oxygen atoms in total. The summed E-state index contributed by atoms with van der Waals surface area (Å²) < 4.78 is 28.8. The molecule has 35 heavy (non-hydrogen) atoms. The van der Waals surface area contributed by atoms with E-state index in [1.165, 1.54) is 27.8 Å². The Labute approximate surface area is 213 Å². The van der Waals surface area contributed by atoms with E-state index in [0.717, 1.165) is 34.2 Å². The van der Waals surface area contributed by atoms with Crippen LogP contribution in [0.3, 0.4) is 0 Å². The van der Waals surface area contributed by atoms with Crippen molar-refractivity contribution in [1.82, 2.24) is 14.2 Å². The first-order valence-electron chi connectivity index (χ1n) is 12.0. The zero-order chi connectivity index (χ0) is 25.8. The van der Waals surface area contributed by atoms with Crippen LogP contribution < -0.4 is 4.90 Å². The SMILES string of the molecule is CCCN(CCC)S(=O)(=O)c1ccc(C(=O)N(CCN(C)C)c2nc3cc(C)cc(C)c3s2)cc1. The summed E-state index contributed by atoms with van der Waals surface area (Å²) in [5.74, 6) is -0.191. The van der Waals surface area contributed by atoms with Gasteiger partial charge in [-0.2, -0.15) is 4.31 Å². The van der Waals surface area contributed by atoms with E-state index in [4.69, 9.17) is 4.98 Å². The van der Waals surface area contributed by atoms with Crippen molar-refractivity contribution in [3.8, 4) is 0 Å². The van der Waals surface area contributed by atoms with E-state index >= 15 is 0 Å². The lowest BCUT2D eigenvalue weighted by atomic mass is 10.1. The maximum absolute atomic E-state index is 13.6. The van der Waals surface area contributed by atoms with Gasteiger partial charge in [0.2, 0.25) is 10.0 Å². The van der Waals surface area contributed by atoms with E-state index in [0.29, 0.717) is 36.9 Å². The molecule has 0 fully saturated rings. The van der Waals surface area contributed by atoms with Crippen LogP contribution in [-0.4, -0.2) is 68.8 Å². The first-order valence-corrected chi connectivity index (χ1v) is 14.3. The predicted molar refractivity (Wildman–Crippen MR) is 145 cm³/mol. The van der Waals surface area contributed by atoms with Crippen LogP contribution in [0, 0.1) is 13.8 Å². The largest absolute Gasteiger partial charge is 0.308 e. The third-order valence-corrected chi connectivity index (χ3v) is 8.88. The van der Waals surface area contributed by atoms with Gasteiger partial charge in [-0.3, -0.25) is 9.69 Å². The van der Waals surface area contributed by atoms with E-state index in [1.54, 1.807) is 17.0 Å². The second kappa shape index (κ2) is 11.6. The van der Waals surface area contributed by atoms with Crippen LogP contribution >= 0.6 is 11.3 Å². The number of carbonyl (C=O) groups excluding carboxylic acids is 1. The number of aryl methyl sites for hydroxylation is 2. The maximum Gasteiger partial charge on any atom is 0.260 e.